The molecule has 0 fully saturated rings. The van der Waals surface area contributed by atoms with Crippen LogP contribution in [0.4, 0.5) is 0 Å². The average Bonchev–Trinajstić information content (AvgIpc) is 2.60. The lowest BCUT2D eigenvalue weighted by Gasteiger charge is -2.14. The summed E-state index contributed by atoms with van der Waals surface area (Å²) < 4.78 is 0. The molecule has 6 nitrogen and oxygen atoms in total. The van der Waals surface area contributed by atoms with E-state index in [2.05, 4.69) is 0 Å². The molecule has 1 N–H and O–H groups in total. The minimum absolute atomic E-state index is 0.240. The molecule has 0 bridgehead atoms. The number of benzene rings is 1. The van der Waals surface area contributed by atoms with E-state index >= 15 is 0 Å². The Morgan fingerprint density at radius 2 is 1.78 bits per heavy atom. The van der Waals surface area contributed by atoms with Crippen LogP contribution in [-0.2, 0) is 4.79 Å². The molecule has 1 unspecified atom stereocenters. The van der Waals surface area contributed by atoms with Gasteiger partial charge in [-0.2, -0.15) is 5.26 Å². The summed E-state index contributed by atoms with van der Waals surface area (Å²) in [5.74, 6) is -3.88. The first kappa shape index (κ1) is 11.8. The zero-order valence-corrected chi connectivity index (χ0v) is 9.16. The number of fused-ring (bicyclic) bond motifs is 1. The highest BCUT2D eigenvalue weighted by molar-refractivity contribution is 6.21. The average molecular weight is 244 g/mol. The second-order valence-electron chi connectivity index (χ2n) is 3.79. The Kier molecular flexibility index (Phi) is 2.81. The van der Waals surface area contributed by atoms with Crippen LogP contribution in [-0.4, -0.2) is 34.3 Å². The first-order valence-corrected chi connectivity index (χ1v) is 5.14. The molecule has 18 heavy (non-hydrogen) atoms. The van der Waals surface area contributed by atoms with Gasteiger partial charge < -0.3 is 5.11 Å². The Bertz CT molecular complexity index is 553. The van der Waals surface area contributed by atoms with Crippen molar-refractivity contribution < 1.29 is 19.5 Å². The van der Waals surface area contributed by atoms with Crippen molar-refractivity contribution in [3.63, 3.8) is 0 Å². The quantitative estimate of drug-likeness (QED) is 0.781. The first-order valence-electron chi connectivity index (χ1n) is 5.14. The molecule has 6 heteroatoms. The lowest BCUT2D eigenvalue weighted by atomic mass is 10.1. The van der Waals surface area contributed by atoms with Gasteiger partial charge in [-0.1, -0.05) is 12.1 Å². The minimum atomic E-state index is -1.41. The number of amides is 2. The summed E-state index contributed by atoms with van der Waals surface area (Å²) in [6.45, 7) is -0.432. The first-order chi connectivity index (χ1) is 8.56. The molecule has 0 saturated heterocycles. The number of nitriles is 1. The van der Waals surface area contributed by atoms with Crippen molar-refractivity contribution in [1.82, 2.24) is 4.90 Å². The highest BCUT2D eigenvalue weighted by Crippen LogP contribution is 2.23. The maximum absolute atomic E-state index is 11.9. The van der Waals surface area contributed by atoms with E-state index in [9.17, 15) is 14.4 Å². The molecule has 90 valence electrons. The van der Waals surface area contributed by atoms with E-state index in [0.29, 0.717) is 0 Å². The van der Waals surface area contributed by atoms with Crippen molar-refractivity contribution in [3.8, 4) is 6.07 Å². The van der Waals surface area contributed by atoms with Crippen molar-refractivity contribution in [2.45, 2.75) is 0 Å². The number of carboxylic acid groups (broad SMARTS) is 1. The number of hydrogen-bond donors (Lipinski definition) is 1. The molecular formula is C12H8N2O4. The van der Waals surface area contributed by atoms with Crippen molar-refractivity contribution in [2.75, 3.05) is 6.54 Å². The van der Waals surface area contributed by atoms with Crippen LogP contribution >= 0.6 is 0 Å². The Labute approximate surface area is 102 Å². The van der Waals surface area contributed by atoms with E-state index in [0.717, 1.165) is 4.90 Å². The molecule has 1 aliphatic heterocycles. The molecule has 0 spiro atoms. The smallest absolute Gasteiger partial charge is 0.322 e. The van der Waals surface area contributed by atoms with Crippen LogP contribution in [0.2, 0.25) is 0 Å². The number of hydrogen-bond acceptors (Lipinski definition) is 4. The summed E-state index contributed by atoms with van der Waals surface area (Å²) in [6.07, 6.45) is 0. The van der Waals surface area contributed by atoms with Crippen molar-refractivity contribution >= 4 is 17.8 Å². The number of carbonyl (C=O) groups excluding carboxylic acids is 2. The number of carbonyl (C=O) groups is 3. The third-order valence-corrected chi connectivity index (χ3v) is 2.70. The third-order valence-electron chi connectivity index (χ3n) is 2.70. The highest BCUT2D eigenvalue weighted by Gasteiger charge is 2.37. The molecule has 1 heterocycles. The van der Waals surface area contributed by atoms with Crippen LogP contribution in [0.25, 0.3) is 0 Å². The molecule has 1 atom stereocenters. The molecule has 2 amide bonds. The van der Waals surface area contributed by atoms with Gasteiger partial charge in [0.25, 0.3) is 11.8 Å². The van der Waals surface area contributed by atoms with E-state index in [1.165, 1.54) is 12.1 Å². The lowest BCUT2D eigenvalue weighted by molar-refractivity contribution is -0.139. The second kappa shape index (κ2) is 4.30. The number of nitrogens with zero attached hydrogens (tertiary/aromatic N) is 2. The van der Waals surface area contributed by atoms with Crippen molar-refractivity contribution in [2.24, 2.45) is 5.92 Å². The molecule has 1 aromatic rings. The summed E-state index contributed by atoms with van der Waals surface area (Å²) >= 11 is 0. The normalized spacial score (nSPS) is 15.2. The van der Waals surface area contributed by atoms with Crippen LogP contribution in [0.1, 0.15) is 20.7 Å². The predicted molar refractivity (Wildman–Crippen MR) is 58.5 cm³/mol. The van der Waals surface area contributed by atoms with Gasteiger partial charge in [0.2, 0.25) is 0 Å². The predicted octanol–water partition coefficient (Wildman–Crippen LogP) is 0.507. The van der Waals surface area contributed by atoms with Gasteiger partial charge in [0.15, 0.2) is 5.92 Å². The summed E-state index contributed by atoms with van der Waals surface area (Å²) in [5.41, 5.74) is 0.481. The van der Waals surface area contributed by atoms with E-state index in [4.69, 9.17) is 10.4 Å². The number of rotatable bonds is 3. The summed E-state index contributed by atoms with van der Waals surface area (Å²) in [4.78, 5) is 35.3. The van der Waals surface area contributed by atoms with E-state index < -0.39 is 30.2 Å². The number of imide groups is 1. The standard InChI is InChI=1S/C12H8N2O4/c13-5-7(12(17)18)6-14-10(15)8-3-1-2-4-9(8)11(14)16/h1-4,7H,6H2,(H,17,18). The van der Waals surface area contributed by atoms with Gasteiger partial charge in [-0.15, -0.1) is 0 Å². The molecule has 2 rings (SSSR count). The Balaban J connectivity index is 2.30. The second-order valence-corrected chi connectivity index (χ2v) is 3.79. The fourth-order valence-corrected chi connectivity index (χ4v) is 1.76. The molecule has 0 saturated carbocycles. The summed E-state index contributed by atoms with van der Waals surface area (Å²) in [6, 6.07) is 7.78. The summed E-state index contributed by atoms with van der Waals surface area (Å²) in [7, 11) is 0. The topological polar surface area (TPSA) is 98.5 Å². The molecule has 1 aliphatic rings. The van der Waals surface area contributed by atoms with Gasteiger partial charge in [-0.3, -0.25) is 19.3 Å². The SMILES string of the molecule is N#CC(CN1C(=O)c2ccccc2C1=O)C(=O)O. The third kappa shape index (κ3) is 1.72. The molecule has 0 radical (unpaired) electrons. The van der Waals surface area contributed by atoms with Gasteiger partial charge in [0.1, 0.15) is 0 Å². The van der Waals surface area contributed by atoms with Gasteiger partial charge in [0.05, 0.1) is 23.7 Å². The maximum atomic E-state index is 11.9. The number of carboxylic acids is 1. The fourth-order valence-electron chi connectivity index (χ4n) is 1.76. The monoisotopic (exact) mass is 244 g/mol. The van der Waals surface area contributed by atoms with Crippen LogP contribution in [0.3, 0.4) is 0 Å². The van der Waals surface area contributed by atoms with E-state index in [-0.39, 0.29) is 11.1 Å². The van der Waals surface area contributed by atoms with Crippen LogP contribution < -0.4 is 0 Å². The maximum Gasteiger partial charge on any atom is 0.322 e. The summed E-state index contributed by atoms with van der Waals surface area (Å²) in [5, 5.41) is 17.4. The molecule has 1 aromatic carbocycles. The fraction of sp³-hybridized carbons (Fsp3) is 0.167. The zero-order valence-electron chi connectivity index (χ0n) is 9.16. The molecular weight excluding hydrogens is 236 g/mol. The Morgan fingerprint density at radius 3 is 2.17 bits per heavy atom. The minimum Gasteiger partial charge on any atom is -0.480 e. The van der Waals surface area contributed by atoms with Crippen molar-refractivity contribution in [1.29, 1.82) is 5.26 Å². The molecule has 0 aliphatic carbocycles. The Morgan fingerprint density at radius 1 is 1.28 bits per heavy atom. The highest BCUT2D eigenvalue weighted by atomic mass is 16.4. The number of aliphatic carboxylic acids is 1. The Hall–Kier alpha value is -2.68. The van der Waals surface area contributed by atoms with Gasteiger partial charge >= 0.3 is 5.97 Å². The van der Waals surface area contributed by atoms with Crippen molar-refractivity contribution in [3.05, 3.63) is 35.4 Å². The molecule has 0 aromatic heterocycles. The lowest BCUT2D eigenvalue weighted by Crippen LogP contribution is -2.36. The van der Waals surface area contributed by atoms with Crippen LogP contribution in [0.5, 0.6) is 0 Å². The van der Waals surface area contributed by atoms with Crippen LogP contribution in [0.15, 0.2) is 24.3 Å². The van der Waals surface area contributed by atoms with Gasteiger partial charge in [-0.05, 0) is 12.1 Å². The van der Waals surface area contributed by atoms with Gasteiger partial charge in [-0.25, -0.2) is 0 Å². The van der Waals surface area contributed by atoms with Gasteiger partial charge in [0, 0.05) is 0 Å². The van der Waals surface area contributed by atoms with E-state index in [1.807, 2.05) is 0 Å². The zero-order chi connectivity index (χ0) is 13.3. The van der Waals surface area contributed by atoms with Crippen LogP contribution in [0, 0.1) is 17.2 Å². The largest absolute Gasteiger partial charge is 0.480 e. The van der Waals surface area contributed by atoms with E-state index in [1.54, 1.807) is 18.2 Å².